The summed E-state index contributed by atoms with van der Waals surface area (Å²) in [6.45, 7) is 0. The molecule has 15 heavy (non-hydrogen) atoms. The largest absolute Gasteiger partial charge is 0.197 e. The molecule has 0 spiro atoms. The summed E-state index contributed by atoms with van der Waals surface area (Å²) >= 11 is 0. The van der Waals surface area contributed by atoms with Crippen LogP contribution in [0.5, 0.6) is 0 Å². The van der Waals surface area contributed by atoms with E-state index in [1.54, 1.807) is 36.4 Å². The number of hydrogen-bond donors (Lipinski definition) is 0. The van der Waals surface area contributed by atoms with Crippen molar-refractivity contribution in [3.8, 4) is 18.2 Å². The lowest BCUT2D eigenvalue weighted by Crippen LogP contribution is -1.89. The van der Waals surface area contributed by atoms with Gasteiger partial charge in [-0.2, -0.15) is 15.8 Å². The minimum Gasteiger partial charge on any atom is -0.197 e. The molecule has 0 aliphatic heterocycles. The maximum Gasteiger partial charge on any atom is 0.152 e. The van der Waals surface area contributed by atoms with E-state index in [-0.39, 0.29) is 0 Å². The first-order chi connectivity index (χ1) is 7.31. The molecule has 0 atom stereocenters. The quantitative estimate of drug-likeness (QED) is 0.676. The number of rotatable bonds is 2. The van der Waals surface area contributed by atoms with Crippen LogP contribution in [0.15, 0.2) is 36.4 Å². The van der Waals surface area contributed by atoms with Gasteiger partial charge in [0.1, 0.15) is 0 Å². The predicted octanol–water partition coefficient (Wildman–Crippen LogP) is 2.26. The number of benzene rings is 1. The van der Waals surface area contributed by atoms with E-state index in [2.05, 4.69) is 0 Å². The van der Waals surface area contributed by atoms with Crippen LogP contribution in [0.1, 0.15) is 5.56 Å². The second-order valence-electron chi connectivity index (χ2n) is 2.79. The second kappa shape index (κ2) is 5.22. The molecule has 0 aliphatic rings. The Bertz CT molecular complexity index is 466. The van der Waals surface area contributed by atoms with Crippen LogP contribution in [0.25, 0.3) is 5.57 Å². The molecule has 0 aromatic heterocycles. The summed E-state index contributed by atoms with van der Waals surface area (Å²) in [6, 6.07) is 14.5. The maximum atomic E-state index is 8.88. The molecule has 0 bridgehead atoms. The van der Waals surface area contributed by atoms with Crippen molar-refractivity contribution in [2.75, 3.05) is 0 Å². The van der Waals surface area contributed by atoms with Crippen molar-refractivity contribution in [3.63, 3.8) is 0 Å². The molecule has 3 heteroatoms. The summed E-state index contributed by atoms with van der Waals surface area (Å²) in [5, 5.41) is 26.1. The Labute approximate surface area is 88.1 Å². The van der Waals surface area contributed by atoms with Crippen molar-refractivity contribution in [3.05, 3.63) is 42.0 Å². The Morgan fingerprint density at radius 1 is 1.07 bits per heavy atom. The Morgan fingerprint density at radius 2 is 1.67 bits per heavy atom. The molecule has 1 aromatic rings. The van der Waals surface area contributed by atoms with Crippen LogP contribution in [-0.4, -0.2) is 0 Å². The molecule has 1 rings (SSSR count). The zero-order valence-electron chi connectivity index (χ0n) is 7.88. The van der Waals surface area contributed by atoms with Gasteiger partial charge in [0, 0.05) is 0 Å². The summed E-state index contributed by atoms with van der Waals surface area (Å²) in [4.78, 5) is 0. The Morgan fingerprint density at radius 3 is 2.13 bits per heavy atom. The van der Waals surface area contributed by atoms with Gasteiger partial charge in [0.2, 0.25) is 0 Å². The van der Waals surface area contributed by atoms with Gasteiger partial charge in [-0.25, -0.2) is 0 Å². The van der Waals surface area contributed by atoms with E-state index in [0.717, 1.165) is 5.56 Å². The van der Waals surface area contributed by atoms with Gasteiger partial charge in [-0.05, 0) is 11.6 Å². The fraction of sp³-hybridized carbons (Fsp3) is 0.0833. The van der Waals surface area contributed by atoms with Gasteiger partial charge in [-0.3, -0.25) is 0 Å². The molecular formula is C12H7N3. The van der Waals surface area contributed by atoms with E-state index >= 15 is 0 Å². The van der Waals surface area contributed by atoms with Gasteiger partial charge < -0.3 is 0 Å². The average Bonchev–Trinajstić information content (AvgIpc) is 2.32. The van der Waals surface area contributed by atoms with E-state index in [1.807, 2.05) is 12.1 Å². The molecule has 0 radical (unpaired) electrons. The topological polar surface area (TPSA) is 71.4 Å². The summed E-state index contributed by atoms with van der Waals surface area (Å²) in [5.41, 5.74) is 1.07. The standard InChI is InChI=1S/C12H7N3/c13-7-10(8-14)6-12(9-15)11-4-2-1-3-5-11/h1-6,10H. The minimum absolute atomic E-state index is 0.351. The second-order valence-corrected chi connectivity index (χ2v) is 2.79. The van der Waals surface area contributed by atoms with Gasteiger partial charge in [-0.15, -0.1) is 0 Å². The van der Waals surface area contributed by atoms with E-state index in [9.17, 15) is 0 Å². The monoisotopic (exact) mass is 193 g/mol. The van der Waals surface area contributed by atoms with E-state index < -0.39 is 5.92 Å². The van der Waals surface area contributed by atoms with E-state index in [4.69, 9.17) is 15.8 Å². The lowest BCUT2D eigenvalue weighted by Gasteiger charge is -1.97. The molecule has 70 valence electrons. The first-order valence-corrected chi connectivity index (χ1v) is 4.28. The third-order valence-electron chi connectivity index (χ3n) is 1.82. The predicted molar refractivity (Wildman–Crippen MR) is 54.7 cm³/mol. The molecule has 0 unspecified atom stereocenters. The first-order valence-electron chi connectivity index (χ1n) is 4.28. The van der Waals surface area contributed by atoms with E-state index in [1.165, 1.54) is 6.08 Å². The van der Waals surface area contributed by atoms with Gasteiger partial charge in [0.25, 0.3) is 0 Å². The SMILES string of the molecule is N#CC(=CC(C#N)C#N)c1ccccc1. The third kappa shape index (κ3) is 2.69. The highest BCUT2D eigenvalue weighted by Crippen LogP contribution is 2.15. The van der Waals surface area contributed by atoms with Crippen molar-refractivity contribution in [2.24, 2.45) is 5.92 Å². The summed E-state index contributed by atoms with van der Waals surface area (Å²) in [7, 11) is 0. The number of allylic oxidation sites excluding steroid dienone is 2. The smallest absolute Gasteiger partial charge is 0.152 e. The Balaban J connectivity index is 3.08. The molecule has 0 amide bonds. The molecule has 0 N–H and O–H groups in total. The Kier molecular flexibility index (Phi) is 3.66. The van der Waals surface area contributed by atoms with Gasteiger partial charge in [-0.1, -0.05) is 30.3 Å². The van der Waals surface area contributed by atoms with Gasteiger partial charge in [0.15, 0.2) is 5.92 Å². The molecule has 3 nitrogen and oxygen atoms in total. The highest BCUT2D eigenvalue weighted by Gasteiger charge is 2.05. The lowest BCUT2D eigenvalue weighted by atomic mass is 10.0. The highest BCUT2D eigenvalue weighted by atomic mass is 14.3. The van der Waals surface area contributed by atoms with Crippen LogP contribution in [0.2, 0.25) is 0 Å². The third-order valence-corrected chi connectivity index (χ3v) is 1.82. The van der Waals surface area contributed by atoms with Crippen LogP contribution in [0, 0.1) is 39.9 Å². The summed E-state index contributed by atoms with van der Waals surface area (Å²) < 4.78 is 0. The zero-order valence-corrected chi connectivity index (χ0v) is 7.88. The highest BCUT2D eigenvalue weighted by molar-refractivity contribution is 5.77. The van der Waals surface area contributed by atoms with Crippen LogP contribution in [0.3, 0.4) is 0 Å². The molecule has 0 saturated heterocycles. The number of hydrogen-bond acceptors (Lipinski definition) is 3. The van der Waals surface area contributed by atoms with Crippen molar-refractivity contribution in [1.29, 1.82) is 15.8 Å². The lowest BCUT2D eigenvalue weighted by molar-refractivity contribution is 1.09. The normalized spacial score (nSPS) is 10.1. The van der Waals surface area contributed by atoms with Crippen molar-refractivity contribution >= 4 is 5.57 Å². The molecule has 0 saturated carbocycles. The fourth-order valence-corrected chi connectivity index (χ4v) is 1.09. The summed E-state index contributed by atoms with van der Waals surface area (Å²) in [5.74, 6) is -0.875. The van der Waals surface area contributed by atoms with Crippen LogP contribution in [0.4, 0.5) is 0 Å². The van der Waals surface area contributed by atoms with Gasteiger partial charge >= 0.3 is 0 Å². The molecule has 0 aliphatic carbocycles. The van der Waals surface area contributed by atoms with Crippen LogP contribution < -0.4 is 0 Å². The maximum absolute atomic E-state index is 8.88. The average molecular weight is 193 g/mol. The van der Waals surface area contributed by atoms with Gasteiger partial charge in [0.05, 0.1) is 23.8 Å². The molecule has 0 fully saturated rings. The fourth-order valence-electron chi connectivity index (χ4n) is 1.09. The number of nitriles is 3. The zero-order chi connectivity index (χ0) is 11.1. The van der Waals surface area contributed by atoms with Crippen molar-refractivity contribution in [1.82, 2.24) is 0 Å². The molecular weight excluding hydrogens is 186 g/mol. The Hall–Kier alpha value is -2.57. The van der Waals surface area contributed by atoms with Crippen LogP contribution >= 0.6 is 0 Å². The van der Waals surface area contributed by atoms with Crippen molar-refractivity contribution in [2.45, 2.75) is 0 Å². The van der Waals surface area contributed by atoms with Crippen LogP contribution in [-0.2, 0) is 0 Å². The summed E-state index contributed by atoms with van der Waals surface area (Å²) in [6.07, 6.45) is 1.37. The van der Waals surface area contributed by atoms with Crippen molar-refractivity contribution < 1.29 is 0 Å². The first kappa shape index (κ1) is 10.5. The molecule has 1 aromatic carbocycles. The number of nitrogens with zero attached hydrogens (tertiary/aromatic N) is 3. The van der Waals surface area contributed by atoms with E-state index in [0.29, 0.717) is 5.57 Å². The molecule has 0 heterocycles. The minimum atomic E-state index is -0.875.